The van der Waals surface area contributed by atoms with E-state index in [0.29, 0.717) is 19.7 Å². The van der Waals surface area contributed by atoms with E-state index in [1.807, 2.05) is 41.5 Å². The summed E-state index contributed by atoms with van der Waals surface area (Å²) < 4.78 is 5.80. The summed E-state index contributed by atoms with van der Waals surface area (Å²) >= 11 is 1.52. The number of carbonyl (C=O) groups is 1. The van der Waals surface area contributed by atoms with Crippen LogP contribution in [-0.4, -0.2) is 30.5 Å². The first-order chi connectivity index (χ1) is 9.75. The summed E-state index contributed by atoms with van der Waals surface area (Å²) in [6.07, 6.45) is -0.0193. The molecule has 0 N–H and O–H groups in total. The van der Waals surface area contributed by atoms with Crippen molar-refractivity contribution in [2.45, 2.75) is 13.0 Å². The molecule has 0 spiro atoms. The van der Waals surface area contributed by atoms with Crippen molar-refractivity contribution >= 4 is 17.2 Å². The van der Waals surface area contributed by atoms with E-state index in [2.05, 4.69) is 12.1 Å². The lowest BCUT2D eigenvalue weighted by molar-refractivity contribution is -0.0226. The second-order valence-corrected chi connectivity index (χ2v) is 5.87. The summed E-state index contributed by atoms with van der Waals surface area (Å²) in [4.78, 5) is 15.3. The molecule has 1 aromatic carbocycles. The summed E-state index contributed by atoms with van der Waals surface area (Å²) in [6.45, 7) is 3.87. The summed E-state index contributed by atoms with van der Waals surface area (Å²) in [7, 11) is 0. The summed E-state index contributed by atoms with van der Waals surface area (Å²) in [6, 6.07) is 12.1. The molecule has 2 heterocycles. The van der Waals surface area contributed by atoms with Gasteiger partial charge in [0.25, 0.3) is 5.91 Å². The van der Waals surface area contributed by atoms with Crippen molar-refractivity contribution < 1.29 is 9.53 Å². The molecule has 1 aromatic heterocycles. The highest BCUT2D eigenvalue weighted by molar-refractivity contribution is 7.12. The predicted octanol–water partition coefficient (Wildman–Crippen LogP) is 3.27. The minimum absolute atomic E-state index is 0.0193. The van der Waals surface area contributed by atoms with Crippen LogP contribution in [0.5, 0.6) is 0 Å². The van der Waals surface area contributed by atoms with Crippen molar-refractivity contribution in [3.05, 3.63) is 57.8 Å². The van der Waals surface area contributed by atoms with Crippen LogP contribution in [0.15, 0.2) is 41.8 Å². The number of ether oxygens (including phenoxy) is 1. The zero-order chi connectivity index (χ0) is 13.9. The highest BCUT2D eigenvalue weighted by Crippen LogP contribution is 2.25. The molecular weight excluding hydrogens is 270 g/mol. The van der Waals surface area contributed by atoms with Crippen LogP contribution in [-0.2, 0) is 4.74 Å². The van der Waals surface area contributed by atoms with Crippen molar-refractivity contribution in [1.29, 1.82) is 0 Å². The Bertz CT molecular complexity index is 594. The average Bonchev–Trinajstić information content (AvgIpc) is 2.94. The molecular formula is C16H17NO2S. The minimum Gasteiger partial charge on any atom is -0.370 e. The van der Waals surface area contributed by atoms with Crippen molar-refractivity contribution in [2.24, 2.45) is 0 Å². The van der Waals surface area contributed by atoms with Crippen LogP contribution in [0.4, 0.5) is 0 Å². The van der Waals surface area contributed by atoms with Gasteiger partial charge in [-0.1, -0.05) is 30.3 Å². The van der Waals surface area contributed by atoms with Crippen molar-refractivity contribution in [1.82, 2.24) is 4.90 Å². The number of hydrogen-bond donors (Lipinski definition) is 0. The maximum atomic E-state index is 12.5. The molecule has 1 unspecified atom stereocenters. The van der Waals surface area contributed by atoms with Gasteiger partial charge in [0.2, 0.25) is 0 Å². The van der Waals surface area contributed by atoms with E-state index in [0.717, 1.165) is 16.0 Å². The number of nitrogens with zero attached hydrogens (tertiary/aromatic N) is 1. The fraction of sp³-hybridized carbons (Fsp3) is 0.312. The van der Waals surface area contributed by atoms with Crippen LogP contribution >= 0.6 is 11.3 Å². The van der Waals surface area contributed by atoms with Crippen molar-refractivity contribution in [2.75, 3.05) is 19.7 Å². The van der Waals surface area contributed by atoms with E-state index < -0.39 is 0 Å². The maximum absolute atomic E-state index is 12.5. The Hall–Kier alpha value is -1.65. The Labute approximate surface area is 122 Å². The van der Waals surface area contributed by atoms with E-state index in [9.17, 15) is 4.79 Å². The molecule has 1 atom stereocenters. The summed E-state index contributed by atoms with van der Waals surface area (Å²) in [5, 5.41) is 1.97. The van der Waals surface area contributed by atoms with Gasteiger partial charge in [-0.2, -0.15) is 0 Å². The van der Waals surface area contributed by atoms with E-state index in [1.165, 1.54) is 11.3 Å². The number of hydrogen-bond acceptors (Lipinski definition) is 3. The van der Waals surface area contributed by atoms with Crippen LogP contribution in [0.25, 0.3) is 0 Å². The monoisotopic (exact) mass is 287 g/mol. The molecule has 1 aliphatic heterocycles. The summed E-state index contributed by atoms with van der Waals surface area (Å²) in [5.74, 6) is 0.127. The van der Waals surface area contributed by atoms with E-state index in [-0.39, 0.29) is 12.0 Å². The first-order valence-corrected chi connectivity index (χ1v) is 7.63. The van der Waals surface area contributed by atoms with Gasteiger partial charge in [-0.25, -0.2) is 0 Å². The number of aryl methyl sites for hydroxylation is 1. The molecule has 0 aliphatic carbocycles. The highest BCUT2D eigenvalue weighted by atomic mass is 32.1. The highest BCUT2D eigenvalue weighted by Gasteiger charge is 2.27. The molecule has 1 saturated heterocycles. The van der Waals surface area contributed by atoms with Gasteiger partial charge in [0, 0.05) is 6.54 Å². The Balaban J connectivity index is 1.76. The first-order valence-electron chi connectivity index (χ1n) is 6.75. The van der Waals surface area contributed by atoms with Gasteiger partial charge in [-0.05, 0) is 29.5 Å². The molecule has 3 rings (SSSR count). The van der Waals surface area contributed by atoms with E-state index in [1.54, 1.807) is 0 Å². The van der Waals surface area contributed by atoms with Crippen LogP contribution in [0.1, 0.15) is 26.9 Å². The van der Waals surface area contributed by atoms with Crippen LogP contribution in [0.2, 0.25) is 0 Å². The third kappa shape index (κ3) is 2.62. The Morgan fingerprint density at radius 2 is 2.10 bits per heavy atom. The Morgan fingerprint density at radius 3 is 2.80 bits per heavy atom. The minimum atomic E-state index is -0.0193. The lowest BCUT2D eigenvalue weighted by atomic mass is 10.1. The molecule has 0 saturated carbocycles. The standard InChI is InChI=1S/C16H17NO2S/c1-12-7-10-20-15(12)16(18)17-8-9-19-14(11-17)13-5-3-2-4-6-13/h2-7,10,14H,8-9,11H2,1H3. The van der Waals surface area contributed by atoms with Gasteiger partial charge >= 0.3 is 0 Å². The average molecular weight is 287 g/mol. The SMILES string of the molecule is Cc1ccsc1C(=O)N1CCOC(c2ccccc2)C1. The molecule has 4 heteroatoms. The molecule has 2 aromatic rings. The maximum Gasteiger partial charge on any atom is 0.264 e. The van der Waals surface area contributed by atoms with Crippen LogP contribution in [0, 0.1) is 6.92 Å². The normalized spacial score (nSPS) is 19.1. The van der Waals surface area contributed by atoms with Crippen molar-refractivity contribution in [3.63, 3.8) is 0 Å². The van der Waals surface area contributed by atoms with Crippen LogP contribution < -0.4 is 0 Å². The lowest BCUT2D eigenvalue weighted by Gasteiger charge is -2.33. The quantitative estimate of drug-likeness (QED) is 0.848. The molecule has 104 valence electrons. The number of carbonyl (C=O) groups excluding carboxylic acids is 1. The van der Waals surface area contributed by atoms with Crippen LogP contribution in [0.3, 0.4) is 0 Å². The smallest absolute Gasteiger partial charge is 0.264 e. The van der Waals surface area contributed by atoms with Gasteiger partial charge in [-0.3, -0.25) is 4.79 Å². The Morgan fingerprint density at radius 1 is 1.30 bits per heavy atom. The third-order valence-electron chi connectivity index (χ3n) is 3.58. The molecule has 1 fully saturated rings. The number of thiophene rings is 1. The predicted molar refractivity (Wildman–Crippen MR) is 80.1 cm³/mol. The topological polar surface area (TPSA) is 29.5 Å². The zero-order valence-corrected chi connectivity index (χ0v) is 12.2. The Kier molecular flexibility index (Phi) is 3.85. The van der Waals surface area contributed by atoms with Gasteiger partial charge < -0.3 is 9.64 Å². The van der Waals surface area contributed by atoms with E-state index in [4.69, 9.17) is 4.74 Å². The van der Waals surface area contributed by atoms with Gasteiger partial charge in [0.1, 0.15) is 6.10 Å². The summed E-state index contributed by atoms with van der Waals surface area (Å²) in [5.41, 5.74) is 2.19. The number of morpholine rings is 1. The largest absolute Gasteiger partial charge is 0.370 e. The second-order valence-electron chi connectivity index (χ2n) is 4.95. The van der Waals surface area contributed by atoms with Gasteiger partial charge in [0.15, 0.2) is 0 Å². The molecule has 1 aliphatic rings. The lowest BCUT2D eigenvalue weighted by Crippen LogP contribution is -2.42. The fourth-order valence-electron chi connectivity index (χ4n) is 2.44. The number of benzene rings is 1. The van der Waals surface area contributed by atoms with Gasteiger partial charge in [0.05, 0.1) is 18.0 Å². The molecule has 3 nitrogen and oxygen atoms in total. The molecule has 0 radical (unpaired) electrons. The fourth-order valence-corrected chi connectivity index (χ4v) is 3.33. The van der Waals surface area contributed by atoms with Gasteiger partial charge in [-0.15, -0.1) is 11.3 Å². The second kappa shape index (κ2) is 5.77. The number of rotatable bonds is 2. The van der Waals surface area contributed by atoms with E-state index >= 15 is 0 Å². The molecule has 20 heavy (non-hydrogen) atoms. The molecule has 1 amide bonds. The third-order valence-corrected chi connectivity index (χ3v) is 4.59. The zero-order valence-electron chi connectivity index (χ0n) is 11.4. The van der Waals surface area contributed by atoms with Crippen molar-refractivity contribution in [3.8, 4) is 0 Å². The molecule has 0 bridgehead atoms. The number of amides is 1. The first kappa shape index (κ1) is 13.3.